The van der Waals surface area contributed by atoms with Crippen molar-refractivity contribution in [3.8, 4) is 0 Å². The van der Waals surface area contributed by atoms with Gasteiger partial charge in [-0.25, -0.2) is 9.78 Å². The Hall–Kier alpha value is -1.62. The van der Waals surface area contributed by atoms with Gasteiger partial charge in [0.05, 0.1) is 22.9 Å². The van der Waals surface area contributed by atoms with Crippen molar-refractivity contribution in [3.05, 3.63) is 23.3 Å². The van der Waals surface area contributed by atoms with Gasteiger partial charge in [0.1, 0.15) is 0 Å². The van der Waals surface area contributed by atoms with Crippen LogP contribution < -0.4 is 5.73 Å². The summed E-state index contributed by atoms with van der Waals surface area (Å²) in [4.78, 5) is 15.5. The third-order valence-corrected chi connectivity index (χ3v) is 2.95. The van der Waals surface area contributed by atoms with Gasteiger partial charge < -0.3 is 10.5 Å². The summed E-state index contributed by atoms with van der Waals surface area (Å²) in [7, 11) is 1.36. The number of hydrogen-bond acceptors (Lipinski definition) is 5. The summed E-state index contributed by atoms with van der Waals surface area (Å²) >= 11 is 1.37. The molecule has 1 aromatic heterocycles. The molecule has 2 N–H and O–H groups in total. The zero-order valence-electron chi connectivity index (χ0n) is 8.40. The Bertz CT molecular complexity index is 533. The van der Waals surface area contributed by atoms with Crippen molar-refractivity contribution >= 4 is 32.7 Å². The van der Waals surface area contributed by atoms with Gasteiger partial charge in [-0.15, -0.1) is 0 Å². The molecule has 1 aromatic carbocycles. The predicted molar refractivity (Wildman–Crippen MR) is 60.1 cm³/mol. The van der Waals surface area contributed by atoms with Crippen LogP contribution in [-0.4, -0.2) is 18.1 Å². The first-order valence-electron chi connectivity index (χ1n) is 4.37. The van der Waals surface area contributed by atoms with Gasteiger partial charge in [-0.1, -0.05) is 11.3 Å². The smallest absolute Gasteiger partial charge is 0.337 e. The second-order valence-electron chi connectivity index (χ2n) is 3.18. The topological polar surface area (TPSA) is 65.2 Å². The van der Waals surface area contributed by atoms with Crippen molar-refractivity contribution < 1.29 is 9.53 Å². The van der Waals surface area contributed by atoms with E-state index < -0.39 is 0 Å². The number of carbonyl (C=O) groups is 1. The molecule has 0 radical (unpaired) electrons. The lowest BCUT2D eigenvalue weighted by Crippen LogP contribution is -2.01. The number of thiazole rings is 1. The molecule has 0 bridgehead atoms. The van der Waals surface area contributed by atoms with Crippen molar-refractivity contribution in [3.63, 3.8) is 0 Å². The van der Waals surface area contributed by atoms with E-state index in [9.17, 15) is 4.79 Å². The molecule has 0 spiro atoms. The number of carbonyl (C=O) groups excluding carboxylic acids is 1. The van der Waals surface area contributed by atoms with Crippen LogP contribution in [0.15, 0.2) is 12.1 Å². The van der Waals surface area contributed by atoms with Crippen LogP contribution >= 0.6 is 11.3 Å². The van der Waals surface area contributed by atoms with Gasteiger partial charge in [0, 0.05) is 0 Å². The Balaban J connectivity index is 2.66. The van der Waals surface area contributed by atoms with E-state index in [1.807, 2.05) is 6.92 Å². The Labute approximate surface area is 90.7 Å². The molecule has 0 saturated heterocycles. The summed E-state index contributed by atoms with van der Waals surface area (Å²) in [5.41, 5.74) is 7.93. The molecule has 0 aliphatic carbocycles. The van der Waals surface area contributed by atoms with E-state index in [1.165, 1.54) is 18.4 Å². The van der Waals surface area contributed by atoms with Gasteiger partial charge in [0.2, 0.25) is 0 Å². The second-order valence-corrected chi connectivity index (χ2v) is 4.25. The molecular weight excluding hydrogens is 212 g/mol. The minimum Gasteiger partial charge on any atom is -0.465 e. The first-order chi connectivity index (χ1) is 7.11. The molecule has 0 unspecified atom stereocenters. The van der Waals surface area contributed by atoms with Crippen LogP contribution in [0, 0.1) is 6.92 Å². The minimum atomic E-state index is -0.341. The van der Waals surface area contributed by atoms with Crippen LogP contribution in [0.5, 0.6) is 0 Å². The van der Waals surface area contributed by atoms with Crippen LogP contribution in [0.4, 0.5) is 5.13 Å². The highest BCUT2D eigenvalue weighted by atomic mass is 32.1. The molecular formula is C10H10N2O2S. The number of nitrogen functional groups attached to an aromatic ring is 1. The number of aromatic nitrogens is 1. The monoisotopic (exact) mass is 222 g/mol. The minimum absolute atomic E-state index is 0.341. The van der Waals surface area contributed by atoms with E-state index in [0.717, 1.165) is 15.8 Å². The Morgan fingerprint density at radius 2 is 2.27 bits per heavy atom. The number of nitrogens with two attached hydrogens (primary N) is 1. The van der Waals surface area contributed by atoms with Crippen LogP contribution in [0.1, 0.15) is 15.9 Å². The fourth-order valence-corrected chi connectivity index (χ4v) is 2.30. The quantitative estimate of drug-likeness (QED) is 0.749. The molecule has 78 valence electrons. The first kappa shape index (κ1) is 9.92. The van der Waals surface area contributed by atoms with Gasteiger partial charge in [-0.2, -0.15) is 0 Å². The van der Waals surface area contributed by atoms with Gasteiger partial charge in [0.15, 0.2) is 5.13 Å². The maximum atomic E-state index is 11.3. The summed E-state index contributed by atoms with van der Waals surface area (Å²) in [6, 6.07) is 3.51. The fraction of sp³-hybridized carbons (Fsp3) is 0.200. The van der Waals surface area contributed by atoms with Crippen molar-refractivity contribution in [1.82, 2.24) is 4.98 Å². The molecule has 1 heterocycles. The first-order valence-corrected chi connectivity index (χ1v) is 5.18. The molecule has 15 heavy (non-hydrogen) atoms. The molecule has 0 fully saturated rings. The van der Waals surface area contributed by atoms with Crippen LogP contribution in [0.2, 0.25) is 0 Å². The third kappa shape index (κ3) is 1.66. The van der Waals surface area contributed by atoms with Crippen LogP contribution in [0.3, 0.4) is 0 Å². The van der Waals surface area contributed by atoms with Crippen LogP contribution in [-0.2, 0) is 4.74 Å². The molecule has 2 rings (SSSR count). The average molecular weight is 222 g/mol. The molecule has 2 aromatic rings. The van der Waals surface area contributed by atoms with E-state index >= 15 is 0 Å². The second kappa shape index (κ2) is 3.51. The number of nitrogens with zero attached hydrogens (tertiary/aromatic N) is 1. The predicted octanol–water partition coefficient (Wildman–Crippen LogP) is 1.97. The standard InChI is InChI=1S/C10H10N2O2S/c1-5-3-6(9(13)14-2)4-7-8(5)12-10(11)15-7/h3-4H,1-2H3,(H2,11,12). The highest BCUT2D eigenvalue weighted by Gasteiger charge is 2.11. The van der Waals surface area contributed by atoms with Crippen LogP contribution in [0.25, 0.3) is 10.2 Å². The highest BCUT2D eigenvalue weighted by Crippen LogP contribution is 2.27. The van der Waals surface area contributed by atoms with Crippen molar-refractivity contribution in [2.75, 3.05) is 12.8 Å². The summed E-state index contributed by atoms with van der Waals surface area (Å²) in [5, 5.41) is 0.509. The molecule has 0 aliphatic rings. The van der Waals surface area contributed by atoms with E-state index in [4.69, 9.17) is 5.73 Å². The van der Waals surface area contributed by atoms with Gasteiger partial charge in [0.25, 0.3) is 0 Å². The Morgan fingerprint density at radius 1 is 1.53 bits per heavy atom. The Kier molecular flexibility index (Phi) is 2.32. The SMILES string of the molecule is COC(=O)c1cc(C)c2nc(N)sc2c1. The highest BCUT2D eigenvalue weighted by molar-refractivity contribution is 7.22. The van der Waals surface area contributed by atoms with Crippen molar-refractivity contribution in [1.29, 1.82) is 0 Å². The maximum absolute atomic E-state index is 11.3. The molecule has 0 atom stereocenters. The number of anilines is 1. The fourth-order valence-electron chi connectivity index (χ4n) is 1.45. The number of rotatable bonds is 1. The molecule has 4 nitrogen and oxygen atoms in total. The lowest BCUT2D eigenvalue weighted by Gasteiger charge is -2.00. The number of methoxy groups -OCH3 is 1. The zero-order valence-corrected chi connectivity index (χ0v) is 9.22. The van der Waals surface area contributed by atoms with E-state index in [-0.39, 0.29) is 5.97 Å². The average Bonchev–Trinajstić information content (AvgIpc) is 2.58. The lowest BCUT2D eigenvalue weighted by atomic mass is 10.1. The largest absolute Gasteiger partial charge is 0.465 e. The number of ether oxygens (including phenoxy) is 1. The van der Waals surface area contributed by atoms with Gasteiger partial charge >= 0.3 is 5.97 Å². The summed E-state index contributed by atoms with van der Waals surface area (Å²) in [6.07, 6.45) is 0. The Morgan fingerprint density at radius 3 is 2.93 bits per heavy atom. The van der Waals surface area contributed by atoms with E-state index in [2.05, 4.69) is 9.72 Å². The van der Waals surface area contributed by atoms with Gasteiger partial charge in [-0.05, 0) is 24.6 Å². The van der Waals surface area contributed by atoms with E-state index in [1.54, 1.807) is 12.1 Å². The number of fused-ring (bicyclic) bond motifs is 1. The summed E-state index contributed by atoms with van der Waals surface area (Å²) in [5.74, 6) is -0.341. The van der Waals surface area contributed by atoms with Gasteiger partial charge in [-0.3, -0.25) is 0 Å². The number of esters is 1. The summed E-state index contributed by atoms with van der Waals surface area (Å²) < 4.78 is 5.57. The number of benzene rings is 1. The number of aryl methyl sites for hydroxylation is 1. The van der Waals surface area contributed by atoms with E-state index in [0.29, 0.717) is 10.7 Å². The lowest BCUT2D eigenvalue weighted by molar-refractivity contribution is 0.0601. The number of hydrogen-bond donors (Lipinski definition) is 1. The molecule has 0 saturated carbocycles. The van der Waals surface area contributed by atoms with Crippen molar-refractivity contribution in [2.24, 2.45) is 0 Å². The third-order valence-electron chi connectivity index (χ3n) is 2.12. The normalized spacial score (nSPS) is 10.5. The maximum Gasteiger partial charge on any atom is 0.337 e. The summed E-state index contributed by atoms with van der Waals surface area (Å²) in [6.45, 7) is 1.90. The molecule has 0 amide bonds. The van der Waals surface area contributed by atoms with Crippen molar-refractivity contribution in [2.45, 2.75) is 6.92 Å². The molecule has 0 aliphatic heterocycles. The molecule has 5 heteroatoms. The zero-order chi connectivity index (χ0) is 11.0.